The van der Waals surface area contributed by atoms with Crippen molar-refractivity contribution in [3.8, 4) is 0 Å². The molecule has 0 fully saturated rings. The Bertz CT molecular complexity index is 188. The SMILES string of the molecule is CCNS(=O)(=O)NCC(C)O. The highest BCUT2D eigenvalue weighted by molar-refractivity contribution is 7.87. The van der Waals surface area contributed by atoms with E-state index in [-0.39, 0.29) is 6.54 Å². The first-order valence-electron chi connectivity index (χ1n) is 3.40. The van der Waals surface area contributed by atoms with Gasteiger partial charge >= 0.3 is 0 Å². The van der Waals surface area contributed by atoms with E-state index in [1.165, 1.54) is 6.92 Å². The zero-order valence-electron chi connectivity index (χ0n) is 6.66. The van der Waals surface area contributed by atoms with Crippen molar-refractivity contribution >= 4 is 10.2 Å². The fraction of sp³-hybridized carbons (Fsp3) is 1.00. The third-order valence-corrected chi connectivity index (χ3v) is 2.12. The normalized spacial score (nSPS) is 14.8. The molecule has 1 atom stereocenters. The van der Waals surface area contributed by atoms with Crippen molar-refractivity contribution in [3.63, 3.8) is 0 Å². The lowest BCUT2D eigenvalue weighted by Gasteiger charge is -2.07. The molecule has 0 radical (unpaired) electrons. The molecular formula is C5H14N2O3S. The van der Waals surface area contributed by atoms with E-state index in [1.54, 1.807) is 6.92 Å². The van der Waals surface area contributed by atoms with Gasteiger partial charge in [-0.1, -0.05) is 6.92 Å². The molecule has 0 amide bonds. The minimum absolute atomic E-state index is 0.0370. The first-order chi connectivity index (χ1) is 4.98. The number of rotatable bonds is 5. The minimum atomic E-state index is -3.39. The number of aliphatic hydroxyl groups is 1. The maximum absolute atomic E-state index is 10.8. The molecule has 11 heavy (non-hydrogen) atoms. The van der Waals surface area contributed by atoms with Crippen LogP contribution in [0.3, 0.4) is 0 Å². The molecule has 0 aliphatic carbocycles. The monoisotopic (exact) mass is 182 g/mol. The van der Waals surface area contributed by atoms with Gasteiger partial charge in [0.25, 0.3) is 10.2 Å². The quantitative estimate of drug-likeness (QED) is 0.500. The predicted octanol–water partition coefficient (Wildman–Crippen LogP) is -1.19. The van der Waals surface area contributed by atoms with E-state index in [9.17, 15) is 8.42 Å². The first kappa shape index (κ1) is 10.8. The molecule has 1 unspecified atom stereocenters. The Morgan fingerprint density at radius 3 is 2.36 bits per heavy atom. The van der Waals surface area contributed by atoms with Gasteiger partial charge in [0.15, 0.2) is 0 Å². The van der Waals surface area contributed by atoms with Gasteiger partial charge in [0, 0.05) is 13.1 Å². The minimum Gasteiger partial charge on any atom is -0.392 e. The van der Waals surface area contributed by atoms with E-state index in [0.717, 1.165) is 0 Å². The number of aliphatic hydroxyl groups excluding tert-OH is 1. The zero-order chi connectivity index (χ0) is 8.91. The third kappa shape index (κ3) is 6.24. The molecule has 0 spiro atoms. The third-order valence-electron chi connectivity index (χ3n) is 0.903. The second-order valence-corrected chi connectivity index (χ2v) is 3.78. The van der Waals surface area contributed by atoms with Gasteiger partial charge in [-0.05, 0) is 6.92 Å². The van der Waals surface area contributed by atoms with E-state index in [4.69, 9.17) is 5.11 Å². The van der Waals surface area contributed by atoms with Crippen LogP contribution in [-0.2, 0) is 10.2 Å². The summed E-state index contributed by atoms with van der Waals surface area (Å²) in [6, 6.07) is 0. The molecule has 0 rings (SSSR count). The zero-order valence-corrected chi connectivity index (χ0v) is 7.48. The van der Waals surface area contributed by atoms with Crippen LogP contribution in [0.4, 0.5) is 0 Å². The van der Waals surface area contributed by atoms with Crippen LogP contribution in [0.5, 0.6) is 0 Å². The van der Waals surface area contributed by atoms with Crippen LogP contribution in [0, 0.1) is 0 Å². The molecule has 0 aromatic rings. The van der Waals surface area contributed by atoms with Crippen molar-refractivity contribution in [2.75, 3.05) is 13.1 Å². The summed E-state index contributed by atoms with van der Waals surface area (Å²) in [6.45, 7) is 3.57. The molecule has 0 heterocycles. The molecule has 6 heteroatoms. The van der Waals surface area contributed by atoms with Crippen molar-refractivity contribution in [2.24, 2.45) is 0 Å². The topological polar surface area (TPSA) is 78.4 Å². The van der Waals surface area contributed by atoms with Crippen LogP contribution in [0.2, 0.25) is 0 Å². The molecule has 3 N–H and O–H groups in total. The van der Waals surface area contributed by atoms with E-state index in [0.29, 0.717) is 6.54 Å². The maximum Gasteiger partial charge on any atom is 0.276 e. The lowest BCUT2D eigenvalue weighted by molar-refractivity contribution is 0.198. The lowest BCUT2D eigenvalue weighted by Crippen LogP contribution is -2.39. The van der Waals surface area contributed by atoms with Gasteiger partial charge in [-0.25, -0.2) is 4.72 Å². The van der Waals surface area contributed by atoms with Gasteiger partial charge in [-0.3, -0.25) is 0 Å². The van der Waals surface area contributed by atoms with Gasteiger partial charge < -0.3 is 5.11 Å². The summed E-state index contributed by atoms with van der Waals surface area (Å²) in [7, 11) is -3.39. The fourth-order valence-electron chi connectivity index (χ4n) is 0.471. The van der Waals surface area contributed by atoms with E-state index >= 15 is 0 Å². The van der Waals surface area contributed by atoms with Crippen LogP contribution in [0.25, 0.3) is 0 Å². The average Bonchev–Trinajstić information content (AvgIpc) is 1.84. The summed E-state index contributed by atoms with van der Waals surface area (Å²) in [5, 5.41) is 8.73. The first-order valence-corrected chi connectivity index (χ1v) is 4.88. The lowest BCUT2D eigenvalue weighted by atomic mass is 10.4. The van der Waals surface area contributed by atoms with Crippen LogP contribution in [0.1, 0.15) is 13.8 Å². The summed E-state index contributed by atoms with van der Waals surface area (Å²) in [5.74, 6) is 0. The second kappa shape index (κ2) is 4.66. The Balaban J connectivity index is 3.74. The summed E-state index contributed by atoms with van der Waals surface area (Å²) in [6.07, 6.45) is -0.663. The van der Waals surface area contributed by atoms with Gasteiger partial charge in [0.05, 0.1) is 6.10 Å². The highest BCUT2D eigenvalue weighted by Crippen LogP contribution is 1.79. The maximum atomic E-state index is 10.8. The molecule has 68 valence electrons. The molecule has 0 aromatic carbocycles. The Kier molecular flexibility index (Phi) is 4.58. The van der Waals surface area contributed by atoms with Crippen LogP contribution in [-0.4, -0.2) is 32.7 Å². The van der Waals surface area contributed by atoms with Crippen molar-refractivity contribution in [2.45, 2.75) is 20.0 Å². The Hall–Kier alpha value is -0.170. The van der Waals surface area contributed by atoms with Crippen molar-refractivity contribution in [1.29, 1.82) is 0 Å². The Labute approximate surface area is 67.0 Å². The van der Waals surface area contributed by atoms with Crippen molar-refractivity contribution < 1.29 is 13.5 Å². The van der Waals surface area contributed by atoms with E-state index < -0.39 is 16.3 Å². The fourth-order valence-corrected chi connectivity index (χ4v) is 1.41. The van der Waals surface area contributed by atoms with Crippen LogP contribution < -0.4 is 9.44 Å². The molecule has 0 aliphatic heterocycles. The second-order valence-electron chi connectivity index (χ2n) is 2.20. The van der Waals surface area contributed by atoms with Crippen LogP contribution >= 0.6 is 0 Å². The average molecular weight is 182 g/mol. The smallest absolute Gasteiger partial charge is 0.276 e. The molecule has 0 bridgehead atoms. The highest BCUT2D eigenvalue weighted by atomic mass is 32.2. The van der Waals surface area contributed by atoms with Gasteiger partial charge in [-0.15, -0.1) is 0 Å². The van der Waals surface area contributed by atoms with Crippen molar-refractivity contribution in [3.05, 3.63) is 0 Å². The largest absolute Gasteiger partial charge is 0.392 e. The Morgan fingerprint density at radius 1 is 1.45 bits per heavy atom. The number of nitrogens with one attached hydrogen (secondary N) is 2. The van der Waals surface area contributed by atoms with Gasteiger partial charge in [-0.2, -0.15) is 13.1 Å². The summed E-state index contributed by atoms with van der Waals surface area (Å²) >= 11 is 0. The molecule has 5 nitrogen and oxygen atoms in total. The molecule has 0 saturated heterocycles. The van der Waals surface area contributed by atoms with E-state index in [1.807, 2.05) is 0 Å². The number of hydrogen-bond donors (Lipinski definition) is 3. The highest BCUT2D eigenvalue weighted by Gasteiger charge is 2.07. The predicted molar refractivity (Wildman–Crippen MR) is 42.3 cm³/mol. The number of hydrogen-bond acceptors (Lipinski definition) is 3. The van der Waals surface area contributed by atoms with Gasteiger partial charge in [0.2, 0.25) is 0 Å². The molecular weight excluding hydrogens is 168 g/mol. The standard InChI is InChI=1S/C5H14N2O3S/c1-3-6-11(9,10)7-4-5(2)8/h5-8H,3-4H2,1-2H3. The molecule has 0 aromatic heterocycles. The summed E-state index contributed by atoms with van der Waals surface area (Å²) < 4.78 is 26.0. The van der Waals surface area contributed by atoms with Crippen LogP contribution in [0.15, 0.2) is 0 Å². The molecule has 0 aliphatic rings. The molecule has 0 saturated carbocycles. The summed E-state index contributed by atoms with van der Waals surface area (Å²) in [4.78, 5) is 0. The summed E-state index contributed by atoms with van der Waals surface area (Å²) in [5.41, 5.74) is 0. The van der Waals surface area contributed by atoms with E-state index in [2.05, 4.69) is 9.44 Å². The van der Waals surface area contributed by atoms with Gasteiger partial charge in [0.1, 0.15) is 0 Å². The van der Waals surface area contributed by atoms with Crippen molar-refractivity contribution in [1.82, 2.24) is 9.44 Å². The Morgan fingerprint density at radius 2 is 2.00 bits per heavy atom.